The molecule has 24 heavy (non-hydrogen) atoms. The summed E-state index contributed by atoms with van der Waals surface area (Å²) >= 11 is 0. The molecule has 0 fully saturated rings. The van der Waals surface area contributed by atoms with E-state index in [2.05, 4.69) is 29.4 Å². The van der Waals surface area contributed by atoms with E-state index in [0.717, 1.165) is 22.2 Å². The van der Waals surface area contributed by atoms with Crippen LogP contribution in [-0.4, -0.2) is 22.7 Å². The van der Waals surface area contributed by atoms with Crippen molar-refractivity contribution in [3.8, 4) is 5.75 Å². The Bertz CT molecular complexity index is 839. The fraction of sp³-hybridized carbons (Fsp3) is 0.263. The number of carbonyl (C=O) groups excluding carboxylic acids is 1. The van der Waals surface area contributed by atoms with Gasteiger partial charge in [-0.05, 0) is 18.1 Å². The number of amides is 1. The molecule has 0 radical (unpaired) electrons. The highest BCUT2D eigenvalue weighted by Gasteiger charge is 2.12. The number of rotatable bonds is 6. The maximum Gasteiger partial charge on any atom is 0.253 e. The first-order chi connectivity index (χ1) is 11.6. The van der Waals surface area contributed by atoms with Crippen molar-refractivity contribution in [2.75, 3.05) is 6.61 Å². The Morgan fingerprint density at radius 2 is 2.04 bits per heavy atom. The Balaban J connectivity index is 1.72. The molecule has 0 aliphatic heterocycles. The Labute approximate surface area is 141 Å². The molecule has 0 unspecified atom stereocenters. The Morgan fingerprint density at radius 3 is 2.88 bits per heavy atom. The van der Waals surface area contributed by atoms with Crippen molar-refractivity contribution < 1.29 is 9.53 Å². The van der Waals surface area contributed by atoms with Crippen molar-refractivity contribution in [1.82, 2.24) is 15.5 Å². The van der Waals surface area contributed by atoms with Gasteiger partial charge in [0.1, 0.15) is 5.75 Å². The molecule has 1 heterocycles. The first kappa shape index (κ1) is 16.1. The average molecular weight is 323 g/mol. The van der Waals surface area contributed by atoms with Crippen molar-refractivity contribution in [2.45, 2.75) is 20.4 Å². The van der Waals surface area contributed by atoms with Gasteiger partial charge < -0.3 is 10.1 Å². The average Bonchev–Trinajstić information content (AvgIpc) is 3.07. The Kier molecular flexibility index (Phi) is 4.79. The summed E-state index contributed by atoms with van der Waals surface area (Å²) in [5.41, 5.74) is 2.30. The molecule has 3 aromatic rings. The zero-order chi connectivity index (χ0) is 16.9. The molecule has 1 amide bonds. The molecule has 2 aromatic carbocycles. The molecule has 0 saturated carbocycles. The van der Waals surface area contributed by atoms with Gasteiger partial charge >= 0.3 is 0 Å². The maximum atomic E-state index is 12.5. The standard InChI is InChI=1S/C19H21N3O2/c1-13(2)12-24-17-9-4-3-6-14(17)10-20-19(23)16-8-5-7-15-11-21-22-18(15)16/h3-9,11,13H,10,12H2,1-2H3,(H,20,23)(H,21,22). The first-order valence-electron chi connectivity index (χ1n) is 8.06. The van der Waals surface area contributed by atoms with Crippen LogP contribution in [0.4, 0.5) is 0 Å². The summed E-state index contributed by atoms with van der Waals surface area (Å²) in [6, 6.07) is 13.3. The highest BCUT2D eigenvalue weighted by molar-refractivity contribution is 6.05. The number of benzene rings is 2. The van der Waals surface area contributed by atoms with Gasteiger partial charge in [-0.25, -0.2) is 0 Å². The lowest BCUT2D eigenvalue weighted by Crippen LogP contribution is -2.23. The second-order valence-corrected chi connectivity index (χ2v) is 6.14. The van der Waals surface area contributed by atoms with Crippen LogP contribution in [0.2, 0.25) is 0 Å². The van der Waals surface area contributed by atoms with Gasteiger partial charge in [-0.2, -0.15) is 5.10 Å². The minimum atomic E-state index is -0.136. The van der Waals surface area contributed by atoms with Crippen LogP contribution in [0.5, 0.6) is 5.75 Å². The lowest BCUT2D eigenvalue weighted by atomic mass is 10.1. The normalized spacial score (nSPS) is 11.0. The van der Waals surface area contributed by atoms with Crippen molar-refractivity contribution in [2.24, 2.45) is 5.92 Å². The van der Waals surface area contributed by atoms with Crippen LogP contribution in [0.1, 0.15) is 29.8 Å². The fourth-order valence-corrected chi connectivity index (χ4v) is 2.48. The van der Waals surface area contributed by atoms with Gasteiger partial charge in [-0.3, -0.25) is 9.89 Å². The molecular weight excluding hydrogens is 302 g/mol. The van der Waals surface area contributed by atoms with E-state index >= 15 is 0 Å². The lowest BCUT2D eigenvalue weighted by Gasteiger charge is -2.13. The number of nitrogens with zero attached hydrogens (tertiary/aromatic N) is 1. The molecule has 0 saturated heterocycles. The number of para-hydroxylation sites is 2. The molecule has 5 nitrogen and oxygen atoms in total. The molecule has 5 heteroatoms. The lowest BCUT2D eigenvalue weighted by molar-refractivity contribution is 0.0952. The van der Waals surface area contributed by atoms with Crippen LogP contribution in [0, 0.1) is 5.92 Å². The predicted octanol–water partition coefficient (Wildman–Crippen LogP) is 3.53. The number of hydrogen-bond donors (Lipinski definition) is 2. The summed E-state index contributed by atoms with van der Waals surface area (Å²) in [5.74, 6) is 1.13. The van der Waals surface area contributed by atoms with E-state index < -0.39 is 0 Å². The molecule has 3 rings (SSSR count). The van der Waals surface area contributed by atoms with Gasteiger partial charge in [-0.15, -0.1) is 0 Å². The van der Waals surface area contributed by atoms with Crippen LogP contribution in [0.3, 0.4) is 0 Å². The molecule has 0 bridgehead atoms. The van der Waals surface area contributed by atoms with Gasteiger partial charge in [0.15, 0.2) is 0 Å². The molecule has 0 aliphatic carbocycles. The van der Waals surface area contributed by atoms with Crippen LogP contribution in [-0.2, 0) is 6.54 Å². The number of aromatic nitrogens is 2. The summed E-state index contributed by atoms with van der Waals surface area (Å²) in [5, 5.41) is 10.7. The van der Waals surface area contributed by atoms with Crippen molar-refractivity contribution >= 4 is 16.8 Å². The number of carbonyl (C=O) groups is 1. The topological polar surface area (TPSA) is 67.0 Å². The van der Waals surface area contributed by atoms with E-state index in [1.54, 1.807) is 12.3 Å². The van der Waals surface area contributed by atoms with E-state index in [0.29, 0.717) is 24.6 Å². The van der Waals surface area contributed by atoms with Gasteiger partial charge in [-0.1, -0.05) is 44.2 Å². The molecular formula is C19H21N3O2. The van der Waals surface area contributed by atoms with Gasteiger partial charge in [0.05, 0.1) is 23.9 Å². The number of nitrogens with one attached hydrogen (secondary N) is 2. The summed E-state index contributed by atoms with van der Waals surface area (Å²) in [4.78, 5) is 12.5. The van der Waals surface area contributed by atoms with E-state index in [4.69, 9.17) is 4.74 Å². The largest absolute Gasteiger partial charge is 0.493 e. The third kappa shape index (κ3) is 3.56. The van der Waals surface area contributed by atoms with E-state index in [-0.39, 0.29) is 5.91 Å². The molecule has 0 atom stereocenters. The SMILES string of the molecule is CC(C)COc1ccccc1CNC(=O)c1cccc2cn[nH]c12. The number of ether oxygens (including phenoxy) is 1. The number of aromatic amines is 1. The summed E-state index contributed by atoms with van der Waals surface area (Å²) in [7, 11) is 0. The first-order valence-corrected chi connectivity index (χ1v) is 8.06. The van der Waals surface area contributed by atoms with E-state index in [1.807, 2.05) is 36.4 Å². The smallest absolute Gasteiger partial charge is 0.253 e. The second-order valence-electron chi connectivity index (χ2n) is 6.14. The minimum absolute atomic E-state index is 0.136. The van der Waals surface area contributed by atoms with Crippen LogP contribution in [0.25, 0.3) is 10.9 Å². The number of fused-ring (bicyclic) bond motifs is 1. The van der Waals surface area contributed by atoms with Gasteiger partial charge in [0.2, 0.25) is 0 Å². The monoisotopic (exact) mass is 323 g/mol. The van der Waals surface area contributed by atoms with E-state index in [1.165, 1.54) is 0 Å². The van der Waals surface area contributed by atoms with Crippen molar-refractivity contribution in [3.05, 3.63) is 59.8 Å². The highest BCUT2D eigenvalue weighted by atomic mass is 16.5. The summed E-state index contributed by atoms with van der Waals surface area (Å²) in [6.45, 7) is 5.28. The summed E-state index contributed by atoms with van der Waals surface area (Å²) in [6.07, 6.45) is 1.71. The fourth-order valence-electron chi connectivity index (χ4n) is 2.48. The second kappa shape index (κ2) is 7.17. The van der Waals surface area contributed by atoms with Gasteiger partial charge in [0, 0.05) is 17.5 Å². The minimum Gasteiger partial charge on any atom is -0.493 e. The van der Waals surface area contributed by atoms with E-state index in [9.17, 15) is 4.79 Å². The number of H-pyrrole nitrogens is 1. The molecule has 124 valence electrons. The Hall–Kier alpha value is -2.82. The van der Waals surface area contributed by atoms with Crippen molar-refractivity contribution in [3.63, 3.8) is 0 Å². The highest BCUT2D eigenvalue weighted by Crippen LogP contribution is 2.19. The summed E-state index contributed by atoms with van der Waals surface area (Å²) < 4.78 is 5.83. The number of hydrogen-bond acceptors (Lipinski definition) is 3. The Morgan fingerprint density at radius 1 is 1.21 bits per heavy atom. The van der Waals surface area contributed by atoms with Crippen LogP contribution in [0.15, 0.2) is 48.7 Å². The zero-order valence-corrected chi connectivity index (χ0v) is 13.9. The molecule has 0 spiro atoms. The maximum absolute atomic E-state index is 12.5. The zero-order valence-electron chi connectivity index (χ0n) is 13.9. The third-order valence-electron chi connectivity index (χ3n) is 3.71. The van der Waals surface area contributed by atoms with Crippen LogP contribution >= 0.6 is 0 Å². The van der Waals surface area contributed by atoms with Crippen LogP contribution < -0.4 is 10.1 Å². The third-order valence-corrected chi connectivity index (χ3v) is 3.71. The van der Waals surface area contributed by atoms with Gasteiger partial charge in [0.25, 0.3) is 5.91 Å². The molecule has 2 N–H and O–H groups in total. The van der Waals surface area contributed by atoms with Crippen molar-refractivity contribution in [1.29, 1.82) is 0 Å². The molecule has 1 aromatic heterocycles. The predicted molar refractivity (Wildman–Crippen MR) is 94.0 cm³/mol. The molecule has 0 aliphatic rings. The quantitative estimate of drug-likeness (QED) is 0.729.